The largest absolute Gasteiger partial charge is 0.457 e. The summed E-state index contributed by atoms with van der Waals surface area (Å²) in [5.74, 6) is -1.92. The monoisotopic (exact) mass is 298 g/mol. The lowest BCUT2D eigenvalue weighted by Crippen LogP contribution is -2.06. The van der Waals surface area contributed by atoms with Crippen molar-refractivity contribution in [3.63, 3.8) is 0 Å². The summed E-state index contributed by atoms with van der Waals surface area (Å²) in [5.41, 5.74) is 0.695. The molecule has 0 aliphatic carbocycles. The molecule has 110 valence electrons. The van der Waals surface area contributed by atoms with Gasteiger partial charge < -0.3 is 4.74 Å². The number of rotatable bonds is 3. The van der Waals surface area contributed by atoms with Gasteiger partial charge >= 0.3 is 5.97 Å². The SMILES string of the molecule is O=C(OCc1cc(F)cc(F)c1)c1cccc2ccccc12. The second-order valence-corrected chi connectivity index (χ2v) is 4.88. The number of fused-ring (bicyclic) bond motifs is 1. The van der Waals surface area contributed by atoms with Crippen molar-refractivity contribution in [2.75, 3.05) is 0 Å². The van der Waals surface area contributed by atoms with Crippen LogP contribution in [0.5, 0.6) is 0 Å². The molecule has 3 aromatic carbocycles. The minimum absolute atomic E-state index is 0.184. The smallest absolute Gasteiger partial charge is 0.339 e. The van der Waals surface area contributed by atoms with Crippen molar-refractivity contribution in [2.24, 2.45) is 0 Å². The zero-order valence-electron chi connectivity index (χ0n) is 11.6. The van der Waals surface area contributed by atoms with E-state index in [1.165, 1.54) is 0 Å². The summed E-state index contributed by atoms with van der Waals surface area (Å²) in [4.78, 5) is 12.2. The van der Waals surface area contributed by atoms with Gasteiger partial charge in [0.15, 0.2) is 0 Å². The van der Waals surface area contributed by atoms with Gasteiger partial charge in [-0.3, -0.25) is 0 Å². The highest BCUT2D eigenvalue weighted by molar-refractivity contribution is 6.04. The van der Waals surface area contributed by atoms with Crippen LogP contribution >= 0.6 is 0 Å². The van der Waals surface area contributed by atoms with E-state index in [4.69, 9.17) is 4.74 Å². The Labute approximate surface area is 126 Å². The first-order valence-electron chi connectivity index (χ1n) is 6.73. The molecule has 0 fully saturated rings. The number of carbonyl (C=O) groups excluding carboxylic acids is 1. The predicted molar refractivity (Wildman–Crippen MR) is 79.4 cm³/mol. The van der Waals surface area contributed by atoms with Gasteiger partial charge in [-0.05, 0) is 34.5 Å². The van der Waals surface area contributed by atoms with Crippen LogP contribution < -0.4 is 0 Å². The number of ether oxygens (including phenoxy) is 1. The van der Waals surface area contributed by atoms with Crippen LogP contribution in [-0.4, -0.2) is 5.97 Å². The van der Waals surface area contributed by atoms with E-state index in [0.717, 1.165) is 29.0 Å². The van der Waals surface area contributed by atoms with Crippen molar-refractivity contribution in [3.8, 4) is 0 Å². The zero-order chi connectivity index (χ0) is 15.5. The van der Waals surface area contributed by atoms with Crippen LogP contribution in [0.15, 0.2) is 60.7 Å². The lowest BCUT2D eigenvalue weighted by atomic mass is 10.0. The van der Waals surface area contributed by atoms with Crippen molar-refractivity contribution in [3.05, 3.63) is 83.4 Å². The fourth-order valence-corrected chi connectivity index (χ4v) is 2.32. The Kier molecular flexibility index (Phi) is 3.83. The lowest BCUT2D eigenvalue weighted by molar-refractivity contribution is 0.0474. The van der Waals surface area contributed by atoms with Crippen molar-refractivity contribution in [1.82, 2.24) is 0 Å². The topological polar surface area (TPSA) is 26.3 Å². The van der Waals surface area contributed by atoms with Crippen LogP contribution in [-0.2, 0) is 11.3 Å². The molecule has 0 saturated carbocycles. The first-order valence-corrected chi connectivity index (χ1v) is 6.73. The van der Waals surface area contributed by atoms with E-state index in [0.29, 0.717) is 5.56 Å². The molecule has 4 heteroatoms. The average Bonchev–Trinajstić information content (AvgIpc) is 2.51. The van der Waals surface area contributed by atoms with Crippen molar-refractivity contribution < 1.29 is 18.3 Å². The summed E-state index contributed by atoms with van der Waals surface area (Å²) in [6, 6.07) is 15.8. The fraction of sp³-hybridized carbons (Fsp3) is 0.0556. The third-order valence-corrected chi connectivity index (χ3v) is 3.30. The van der Waals surface area contributed by atoms with Gasteiger partial charge in [-0.15, -0.1) is 0 Å². The molecular formula is C18H12F2O2. The third-order valence-electron chi connectivity index (χ3n) is 3.30. The number of benzene rings is 3. The summed E-state index contributed by atoms with van der Waals surface area (Å²) >= 11 is 0. The van der Waals surface area contributed by atoms with E-state index in [-0.39, 0.29) is 12.2 Å². The number of halogens is 2. The maximum absolute atomic E-state index is 13.1. The second kappa shape index (κ2) is 5.93. The van der Waals surface area contributed by atoms with Crippen LogP contribution in [0.4, 0.5) is 8.78 Å². The molecule has 3 rings (SSSR count). The minimum atomic E-state index is -0.698. The summed E-state index contributed by atoms with van der Waals surface area (Å²) in [6.45, 7) is -0.184. The molecule has 22 heavy (non-hydrogen) atoms. The van der Waals surface area contributed by atoms with Gasteiger partial charge in [-0.2, -0.15) is 0 Å². The summed E-state index contributed by atoms with van der Waals surface area (Å²) in [5, 5.41) is 1.70. The van der Waals surface area contributed by atoms with E-state index in [1.54, 1.807) is 12.1 Å². The number of hydrogen-bond donors (Lipinski definition) is 0. The van der Waals surface area contributed by atoms with E-state index < -0.39 is 17.6 Å². The Hall–Kier alpha value is -2.75. The zero-order valence-corrected chi connectivity index (χ0v) is 11.6. The fourth-order valence-electron chi connectivity index (χ4n) is 2.32. The highest BCUT2D eigenvalue weighted by Gasteiger charge is 2.11. The maximum atomic E-state index is 13.1. The van der Waals surface area contributed by atoms with Crippen molar-refractivity contribution in [1.29, 1.82) is 0 Å². The van der Waals surface area contributed by atoms with Gasteiger partial charge in [0.05, 0.1) is 5.56 Å². The van der Waals surface area contributed by atoms with E-state index in [9.17, 15) is 13.6 Å². The molecule has 2 nitrogen and oxygen atoms in total. The standard InChI is InChI=1S/C18H12F2O2/c19-14-8-12(9-15(20)10-14)11-22-18(21)17-7-3-5-13-4-1-2-6-16(13)17/h1-10H,11H2. The summed E-state index contributed by atoms with van der Waals surface area (Å²) < 4.78 is 31.4. The Balaban J connectivity index is 1.82. The average molecular weight is 298 g/mol. The number of carbonyl (C=O) groups is 1. The quantitative estimate of drug-likeness (QED) is 0.667. The minimum Gasteiger partial charge on any atom is -0.457 e. The third kappa shape index (κ3) is 2.96. The predicted octanol–water partition coefficient (Wildman–Crippen LogP) is 4.48. The first-order chi connectivity index (χ1) is 10.6. The maximum Gasteiger partial charge on any atom is 0.339 e. The highest BCUT2D eigenvalue weighted by Crippen LogP contribution is 2.20. The van der Waals surface area contributed by atoms with E-state index in [2.05, 4.69) is 0 Å². The van der Waals surface area contributed by atoms with Crippen molar-refractivity contribution >= 4 is 16.7 Å². The molecule has 0 amide bonds. The molecule has 0 heterocycles. The van der Waals surface area contributed by atoms with Gasteiger partial charge in [0.1, 0.15) is 18.2 Å². The molecule has 0 unspecified atom stereocenters. The van der Waals surface area contributed by atoms with Gasteiger partial charge in [0.2, 0.25) is 0 Å². The Morgan fingerprint density at radius 2 is 1.59 bits per heavy atom. The van der Waals surface area contributed by atoms with Crippen LogP contribution in [0.2, 0.25) is 0 Å². The lowest BCUT2D eigenvalue weighted by Gasteiger charge is -2.08. The molecular weight excluding hydrogens is 286 g/mol. The molecule has 0 atom stereocenters. The highest BCUT2D eigenvalue weighted by atomic mass is 19.1. The summed E-state index contributed by atoms with van der Waals surface area (Å²) in [7, 11) is 0. The molecule has 0 N–H and O–H groups in total. The number of esters is 1. The molecule has 0 spiro atoms. The van der Waals surface area contributed by atoms with Gasteiger partial charge in [0, 0.05) is 6.07 Å². The molecule has 0 aliphatic heterocycles. The van der Waals surface area contributed by atoms with Crippen molar-refractivity contribution in [2.45, 2.75) is 6.61 Å². The second-order valence-electron chi connectivity index (χ2n) is 4.88. The van der Waals surface area contributed by atoms with Crippen LogP contribution in [0, 0.1) is 11.6 Å². The van der Waals surface area contributed by atoms with Gasteiger partial charge in [0.25, 0.3) is 0 Å². The molecule has 0 saturated heterocycles. The Morgan fingerprint density at radius 3 is 2.36 bits per heavy atom. The van der Waals surface area contributed by atoms with E-state index >= 15 is 0 Å². The Bertz CT molecular complexity index is 818. The van der Waals surface area contributed by atoms with Gasteiger partial charge in [-0.25, -0.2) is 13.6 Å². The van der Waals surface area contributed by atoms with Gasteiger partial charge in [-0.1, -0.05) is 36.4 Å². The molecule has 0 bridgehead atoms. The number of hydrogen-bond acceptors (Lipinski definition) is 2. The molecule has 0 aromatic heterocycles. The van der Waals surface area contributed by atoms with E-state index in [1.807, 2.05) is 30.3 Å². The van der Waals surface area contributed by atoms with Crippen LogP contribution in [0.1, 0.15) is 15.9 Å². The Morgan fingerprint density at radius 1 is 0.909 bits per heavy atom. The van der Waals surface area contributed by atoms with Crippen LogP contribution in [0.25, 0.3) is 10.8 Å². The molecule has 3 aromatic rings. The first kappa shape index (κ1) is 14.2. The molecule has 0 radical (unpaired) electrons. The summed E-state index contributed by atoms with van der Waals surface area (Å²) in [6.07, 6.45) is 0. The normalized spacial score (nSPS) is 10.6. The molecule has 0 aliphatic rings. The van der Waals surface area contributed by atoms with Crippen LogP contribution in [0.3, 0.4) is 0 Å².